The van der Waals surface area contributed by atoms with Crippen LogP contribution >= 0.6 is 33.9 Å². The van der Waals surface area contributed by atoms with Gasteiger partial charge in [0.1, 0.15) is 4.88 Å². The molecule has 0 aliphatic rings. The Morgan fingerprint density at radius 3 is 2.78 bits per heavy atom. The molecule has 18 heavy (non-hydrogen) atoms. The van der Waals surface area contributed by atoms with Crippen LogP contribution in [0, 0.1) is 3.57 Å². The topological polar surface area (TPSA) is 42.0 Å². The van der Waals surface area contributed by atoms with Gasteiger partial charge in [-0.1, -0.05) is 12.1 Å². The Morgan fingerprint density at radius 2 is 2.17 bits per heavy atom. The number of hydrogen-bond donors (Lipinski definition) is 1. The highest BCUT2D eigenvalue weighted by Gasteiger charge is 2.11. The van der Waals surface area contributed by atoms with Gasteiger partial charge in [0, 0.05) is 9.61 Å². The van der Waals surface area contributed by atoms with Crippen LogP contribution in [0.4, 0.5) is 0 Å². The van der Waals surface area contributed by atoms with Gasteiger partial charge in [0.2, 0.25) is 0 Å². The molecule has 0 saturated heterocycles. The van der Waals surface area contributed by atoms with Crippen LogP contribution in [0.1, 0.15) is 22.2 Å². The average Bonchev–Trinajstić information content (AvgIpc) is 2.85. The standard InChI is InChI=1S/C13H13IN2OS/c1-9(6-10-2-4-11(14)5-3-10)16-13(17)12-7-15-8-18-12/h2-5,7-9H,6H2,1H3,(H,16,17). The van der Waals surface area contributed by atoms with E-state index < -0.39 is 0 Å². The smallest absolute Gasteiger partial charge is 0.263 e. The Hall–Kier alpha value is -0.950. The van der Waals surface area contributed by atoms with Crippen molar-refractivity contribution >= 4 is 39.8 Å². The van der Waals surface area contributed by atoms with E-state index in [-0.39, 0.29) is 11.9 Å². The SMILES string of the molecule is CC(Cc1ccc(I)cc1)NC(=O)c1cncs1. The number of carbonyl (C=O) groups excluding carboxylic acids is 1. The molecule has 0 radical (unpaired) electrons. The summed E-state index contributed by atoms with van der Waals surface area (Å²) in [6.07, 6.45) is 2.43. The summed E-state index contributed by atoms with van der Waals surface area (Å²) in [7, 11) is 0. The monoisotopic (exact) mass is 372 g/mol. The highest BCUT2D eigenvalue weighted by Crippen LogP contribution is 2.10. The van der Waals surface area contributed by atoms with Crippen molar-refractivity contribution in [3.05, 3.63) is 50.0 Å². The number of amides is 1. The minimum atomic E-state index is -0.0458. The van der Waals surface area contributed by atoms with Crippen LogP contribution in [-0.2, 0) is 6.42 Å². The van der Waals surface area contributed by atoms with Gasteiger partial charge in [-0.2, -0.15) is 0 Å². The van der Waals surface area contributed by atoms with E-state index in [1.807, 2.05) is 6.92 Å². The molecular weight excluding hydrogens is 359 g/mol. The van der Waals surface area contributed by atoms with Gasteiger partial charge < -0.3 is 5.32 Å². The molecule has 0 saturated carbocycles. The minimum Gasteiger partial charge on any atom is -0.349 e. The van der Waals surface area contributed by atoms with E-state index in [0.29, 0.717) is 4.88 Å². The summed E-state index contributed by atoms with van der Waals surface area (Å²) in [6, 6.07) is 8.45. The lowest BCUT2D eigenvalue weighted by Crippen LogP contribution is -2.33. The van der Waals surface area contributed by atoms with Gasteiger partial charge in [0.25, 0.3) is 5.91 Å². The number of hydrogen-bond acceptors (Lipinski definition) is 3. The predicted molar refractivity (Wildman–Crippen MR) is 81.9 cm³/mol. The third kappa shape index (κ3) is 3.78. The number of benzene rings is 1. The van der Waals surface area contributed by atoms with E-state index in [2.05, 4.69) is 57.2 Å². The lowest BCUT2D eigenvalue weighted by Gasteiger charge is -2.13. The molecule has 0 bridgehead atoms. The van der Waals surface area contributed by atoms with E-state index >= 15 is 0 Å². The molecule has 94 valence electrons. The maximum Gasteiger partial charge on any atom is 0.263 e. The van der Waals surface area contributed by atoms with Crippen molar-refractivity contribution in [2.24, 2.45) is 0 Å². The van der Waals surface area contributed by atoms with Crippen molar-refractivity contribution in [3.63, 3.8) is 0 Å². The molecule has 1 N–H and O–H groups in total. The van der Waals surface area contributed by atoms with Crippen molar-refractivity contribution in [1.29, 1.82) is 0 Å². The van der Waals surface area contributed by atoms with Crippen LogP contribution in [0.5, 0.6) is 0 Å². The fraction of sp³-hybridized carbons (Fsp3) is 0.231. The molecule has 0 aliphatic carbocycles. The van der Waals surface area contributed by atoms with Crippen LogP contribution < -0.4 is 5.32 Å². The van der Waals surface area contributed by atoms with E-state index in [1.54, 1.807) is 11.7 Å². The molecule has 2 aromatic rings. The van der Waals surface area contributed by atoms with Gasteiger partial charge in [0.15, 0.2) is 0 Å². The Balaban J connectivity index is 1.90. The van der Waals surface area contributed by atoms with Crippen LogP contribution in [0.3, 0.4) is 0 Å². The van der Waals surface area contributed by atoms with Crippen LogP contribution in [0.15, 0.2) is 36.0 Å². The number of carbonyl (C=O) groups is 1. The van der Waals surface area contributed by atoms with Gasteiger partial charge in [-0.25, -0.2) is 0 Å². The lowest BCUT2D eigenvalue weighted by molar-refractivity contribution is 0.0944. The first-order valence-corrected chi connectivity index (χ1v) is 7.55. The lowest BCUT2D eigenvalue weighted by atomic mass is 10.1. The zero-order valence-corrected chi connectivity index (χ0v) is 12.9. The molecule has 1 aromatic carbocycles. The number of halogens is 1. The molecule has 1 unspecified atom stereocenters. The molecule has 1 aromatic heterocycles. The zero-order chi connectivity index (χ0) is 13.0. The summed E-state index contributed by atoms with van der Waals surface area (Å²) in [5, 5.41) is 2.97. The first kappa shape index (κ1) is 13.5. The maximum absolute atomic E-state index is 11.8. The number of nitrogens with zero attached hydrogens (tertiary/aromatic N) is 1. The molecular formula is C13H13IN2OS. The fourth-order valence-corrected chi connectivity index (χ4v) is 2.53. The average molecular weight is 372 g/mol. The molecule has 2 rings (SSSR count). The molecule has 3 nitrogen and oxygen atoms in total. The summed E-state index contributed by atoms with van der Waals surface area (Å²) < 4.78 is 1.22. The summed E-state index contributed by atoms with van der Waals surface area (Å²) in [5.41, 5.74) is 2.89. The fourth-order valence-electron chi connectivity index (χ4n) is 1.65. The van der Waals surface area contributed by atoms with Crippen molar-refractivity contribution in [3.8, 4) is 0 Å². The first-order valence-electron chi connectivity index (χ1n) is 5.59. The van der Waals surface area contributed by atoms with E-state index in [1.165, 1.54) is 20.5 Å². The molecule has 0 fully saturated rings. The molecule has 5 heteroatoms. The molecule has 0 aliphatic heterocycles. The van der Waals surface area contributed by atoms with E-state index in [4.69, 9.17) is 0 Å². The number of nitrogens with one attached hydrogen (secondary N) is 1. The first-order chi connectivity index (χ1) is 8.65. The summed E-state index contributed by atoms with van der Waals surface area (Å²) in [6.45, 7) is 2.01. The molecule has 1 atom stereocenters. The third-order valence-electron chi connectivity index (χ3n) is 2.49. The van der Waals surface area contributed by atoms with Crippen molar-refractivity contribution in [1.82, 2.24) is 10.3 Å². The Labute approximate surface area is 124 Å². The second-order valence-corrected chi connectivity index (χ2v) is 6.20. The molecule has 1 amide bonds. The molecule has 0 spiro atoms. The Morgan fingerprint density at radius 1 is 1.44 bits per heavy atom. The Kier molecular flexibility index (Phi) is 4.71. The van der Waals surface area contributed by atoms with Gasteiger partial charge in [-0.3, -0.25) is 9.78 Å². The second-order valence-electron chi connectivity index (χ2n) is 4.07. The number of thiazole rings is 1. The second kappa shape index (κ2) is 6.29. The number of aromatic nitrogens is 1. The molecule has 1 heterocycles. The van der Waals surface area contributed by atoms with Crippen molar-refractivity contribution in [2.75, 3.05) is 0 Å². The van der Waals surface area contributed by atoms with Gasteiger partial charge in [0.05, 0.1) is 11.7 Å². The predicted octanol–water partition coefficient (Wildman–Crippen LogP) is 3.11. The number of rotatable bonds is 4. The zero-order valence-electron chi connectivity index (χ0n) is 9.89. The quantitative estimate of drug-likeness (QED) is 0.839. The summed E-state index contributed by atoms with van der Waals surface area (Å²) in [5.74, 6) is -0.0458. The van der Waals surface area contributed by atoms with Gasteiger partial charge in [-0.05, 0) is 53.6 Å². The summed E-state index contributed by atoms with van der Waals surface area (Å²) in [4.78, 5) is 16.4. The van der Waals surface area contributed by atoms with Gasteiger partial charge >= 0.3 is 0 Å². The maximum atomic E-state index is 11.8. The Bertz CT molecular complexity index is 510. The highest BCUT2D eigenvalue weighted by atomic mass is 127. The van der Waals surface area contributed by atoms with Crippen LogP contribution in [0.25, 0.3) is 0 Å². The normalized spacial score (nSPS) is 12.1. The largest absolute Gasteiger partial charge is 0.349 e. The van der Waals surface area contributed by atoms with Gasteiger partial charge in [-0.15, -0.1) is 11.3 Å². The summed E-state index contributed by atoms with van der Waals surface area (Å²) >= 11 is 3.64. The minimum absolute atomic E-state index is 0.0458. The van der Waals surface area contributed by atoms with Crippen LogP contribution in [0.2, 0.25) is 0 Å². The van der Waals surface area contributed by atoms with Crippen molar-refractivity contribution < 1.29 is 4.79 Å². The van der Waals surface area contributed by atoms with Crippen LogP contribution in [-0.4, -0.2) is 16.9 Å². The van der Waals surface area contributed by atoms with E-state index in [9.17, 15) is 4.79 Å². The van der Waals surface area contributed by atoms with Crippen molar-refractivity contribution in [2.45, 2.75) is 19.4 Å². The third-order valence-corrected chi connectivity index (χ3v) is 3.98. The van der Waals surface area contributed by atoms with E-state index in [0.717, 1.165) is 6.42 Å². The highest BCUT2D eigenvalue weighted by molar-refractivity contribution is 14.1.